The monoisotopic (exact) mass is 214 g/mol. The van der Waals surface area contributed by atoms with Crippen molar-refractivity contribution >= 4 is 17.5 Å². The van der Waals surface area contributed by atoms with Crippen LogP contribution in [0.3, 0.4) is 0 Å². The van der Waals surface area contributed by atoms with Gasteiger partial charge in [-0.25, -0.2) is 0 Å². The van der Waals surface area contributed by atoms with E-state index in [1.165, 1.54) is 0 Å². The lowest BCUT2D eigenvalue weighted by Gasteiger charge is -2.09. The Morgan fingerprint density at radius 3 is 2.79 bits per heavy atom. The van der Waals surface area contributed by atoms with Crippen molar-refractivity contribution in [1.82, 2.24) is 20.4 Å². The molecule has 0 saturated carbocycles. The van der Waals surface area contributed by atoms with Crippen LogP contribution >= 0.6 is 11.6 Å². The number of hydrogen-bond donors (Lipinski definition) is 2. The molecule has 0 aliphatic carbocycles. The predicted molar refractivity (Wildman–Crippen MR) is 51.8 cm³/mol. The zero-order valence-electron chi connectivity index (χ0n) is 7.97. The SMILES string of the molecule is Cc1nn(C)c(Cl)c1C1NCC(=O)N1. The molecule has 0 spiro atoms. The van der Waals surface area contributed by atoms with E-state index >= 15 is 0 Å². The second-order valence-electron chi connectivity index (χ2n) is 3.29. The summed E-state index contributed by atoms with van der Waals surface area (Å²) in [7, 11) is 1.77. The molecule has 0 aromatic carbocycles. The van der Waals surface area contributed by atoms with Crippen LogP contribution in [0.4, 0.5) is 0 Å². The highest BCUT2D eigenvalue weighted by molar-refractivity contribution is 6.30. The minimum absolute atomic E-state index is 0.0191. The summed E-state index contributed by atoms with van der Waals surface area (Å²) in [6, 6.07) is 0. The van der Waals surface area contributed by atoms with Crippen molar-refractivity contribution < 1.29 is 4.79 Å². The van der Waals surface area contributed by atoms with E-state index in [9.17, 15) is 4.79 Å². The first kappa shape index (κ1) is 9.48. The lowest BCUT2D eigenvalue weighted by molar-refractivity contribution is -0.118. The van der Waals surface area contributed by atoms with Gasteiger partial charge in [-0.05, 0) is 6.92 Å². The molecule has 1 aromatic heterocycles. The molecule has 1 amide bonds. The van der Waals surface area contributed by atoms with E-state index in [0.29, 0.717) is 11.7 Å². The summed E-state index contributed by atoms with van der Waals surface area (Å²) in [6.07, 6.45) is -0.205. The van der Waals surface area contributed by atoms with Crippen LogP contribution in [0, 0.1) is 6.92 Å². The van der Waals surface area contributed by atoms with Gasteiger partial charge in [-0.15, -0.1) is 0 Å². The number of rotatable bonds is 1. The summed E-state index contributed by atoms with van der Waals surface area (Å²) in [5, 5.41) is 10.5. The zero-order valence-corrected chi connectivity index (χ0v) is 8.72. The first-order valence-electron chi connectivity index (χ1n) is 4.31. The van der Waals surface area contributed by atoms with E-state index in [1.54, 1.807) is 11.7 Å². The first-order valence-corrected chi connectivity index (χ1v) is 4.69. The average Bonchev–Trinajstić information content (AvgIpc) is 2.60. The predicted octanol–water partition coefficient (Wildman–Crippen LogP) is 0.0999. The smallest absolute Gasteiger partial charge is 0.235 e. The number of aryl methyl sites for hydroxylation is 2. The van der Waals surface area contributed by atoms with Gasteiger partial charge >= 0.3 is 0 Å². The molecule has 0 radical (unpaired) electrons. The van der Waals surface area contributed by atoms with Crippen LogP contribution in [0.15, 0.2) is 0 Å². The second kappa shape index (κ2) is 3.25. The molecule has 76 valence electrons. The van der Waals surface area contributed by atoms with Gasteiger partial charge in [-0.2, -0.15) is 5.10 Å². The van der Waals surface area contributed by atoms with Crippen LogP contribution < -0.4 is 10.6 Å². The second-order valence-corrected chi connectivity index (χ2v) is 3.65. The largest absolute Gasteiger partial charge is 0.335 e. The van der Waals surface area contributed by atoms with E-state index in [1.807, 2.05) is 6.92 Å². The van der Waals surface area contributed by atoms with E-state index in [4.69, 9.17) is 11.6 Å². The fraction of sp³-hybridized carbons (Fsp3) is 0.500. The summed E-state index contributed by atoms with van der Waals surface area (Å²) in [4.78, 5) is 11.0. The maximum Gasteiger partial charge on any atom is 0.235 e. The third-order valence-electron chi connectivity index (χ3n) is 2.26. The molecule has 1 saturated heterocycles. The Balaban J connectivity index is 2.36. The minimum Gasteiger partial charge on any atom is -0.335 e. The number of carbonyl (C=O) groups excluding carboxylic acids is 1. The highest BCUT2D eigenvalue weighted by atomic mass is 35.5. The Hall–Kier alpha value is -1.07. The van der Waals surface area contributed by atoms with Crippen LogP contribution in [0.25, 0.3) is 0 Å². The zero-order chi connectivity index (χ0) is 10.3. The molecule has 2 rings (SSSR count). The molecule has 5 nitrogen and oxygen atoms in total. The molecular weight excluding hydrogens is 204 g/mol. The van der Waals surface area contributed by atoms with Crippen molar-refractivity contribution in [2.45, 2.75) is 13.1 Å². The van der Waals surface area contributed by atoms with Crippen LogP contribution in [0.2, 0.25) is 5.15 Å². The van der Waals surface area contributed by atoms with Crippen LogP contribution in [-0.2, 0) is 11.8 Å². The fourth-order valence-electron chi connectivity index (χ4n) is 1.61. The highest BCUT2D eigenvalue weighted by Crippen LogP contribution is 2.25. The Kier molecular flexibility index (Phi) is 2.20. The lowest BCUT2D eigenvalue weighted by Crippen LogP contribution is -2.23. The van der Waals surface area contributed by atoms with E-state index < -0.39 is 0 Å². The molecule has 1 aliphatic rings. The van der Waals surface area contributed by atoms with E-state index in [-0.39, 0.29) is 12.1 Å². The molecule has 1 unspecified atom stereocenters. The maximum atomic E-state index is 11.0. The Morgan fingerprint density at radius 2 is 2.36 bits per heavy atom. The van der Waals surface area contributed by atoms with Gasteiger partial charge in [0, 0.05) is 12.6 Å². The van der Waals surface area contributed by atoms with Crippen molar-refractivity contribution in [2.24, 2.45) is 7.05 Å². The number of hydrogen-bond acceptors (Lipinski definition) is 3. The third-order valence-corrected chi connectivity index (χ3v) is 2.71. The Bertz CT molecular complexity index is 387. The summed E-state index contributed by atoms with van der Waals surface area (Å²) in [5.74, 6) is -0.0191. The summed E-state index contributed by atoms with van der Waals surface area (Å²) in [6.45, 7) is 2.20. The molecule has 6 heteroatoms. The number of aromatic nitrogens is 2. The molecule has 0 bridgehead atoms. The molecule has 1 atom stereocenters. The van der Waals surface area contributed by atoms with Crippen molar-refractivity contribution in [1.29, 1.82) is 0 Å². The molecule has 1 aromatic rings. The highest BCUT2D eigenvalue weighted by Gasteiger charge is 2.27. The molecule has 1 aliphatic heterocycles. The summed E-state index contributed by atoms with van der Waals surface area (Å²) >= 11 is 6.05. The van der Waals surface area contributed by atoms with Gasteiger partial charge in [0.2, 0.25) is 5.91 Å². The van der Waals surface area contributed by atoms with Crippen molar-refractivity contribution in [3.05, 3.63) is 16.4 Å². The molecule has 2 N–H and O–H groups in total. The first-order chi connectivity index (χ1) is 6.59. The van der Waals surface area contributed by atoms with Gasteiger partial charge in [0.25, 0.3) is 0 Å². The lowest BCUT2D eigenvalue weighted by atomic mass is 10.2. The number of halogens is 1. The van der Waals surface area contributed by atoms with Crippen LogP contribution in [0.1, 0.15) is 17.4 Å². The van der Waals surface area contributed by atoms with E-state index in [0.717, 1.165) is 11.3 Å². The summed E-state index contributed by atoms with van der Waals surface area (Å²) in [5.41, 5.74) is 1.68. The fourth-order valence-corrected chi connectivity index (χ4v) is 1.89. The molecule has 14 heavy (non-hydrogen) atoms. The molecule has 2 heterocycles. The third kappa shape index (κ3) is 1.38. The Morgan fingerprint density at radius 1 is 1.64 bits per heavy atom. The topological polar surface area (TPSA) is 59.0 Å². The quantitative estimate of drug-likeness (QED) is 0.697. The van der Waals surface area contributed by atoms with Gasteiger partial charge in [0.15, 0.2) is 0 Å². The normalized spacial score (nSPS) is 21.4. The van der Waals surface area contributed by atoms with Crippen LogP contribution in [-0.4, -0.2) is 22.2 Å². The minimum atomic E-state index is -0.205. The van der Waals surface area contributed by atoms with Gasteiger partial charge in [0.1, 0.15) is 11.3 Å². The number of amides is 1. The maximum absolute atomic E-state index is 11.0. The average molecular weight is 215 g/mol. The number of nitrogens with zero attached hydrogens (tertiary/aromatic N) is 2. The van der Waals surface area contributed by atoms with Gasteiger partial charge in [-0.1, -0.05) is 11.6 Å². The van der Waals surface area contributed by atoms with E-state index in [2.05, 4.69) is 15.7 Å². The van der Waals surface area contributed by atoms with Gasteiger partial charge in [-0.3, -0.25) is 14.8 Å². The standard InChI is InChI=1S/C8H11ClN4O/c1-4-6(7(9)13(2)12-4)8-10-3-5(14)11-8/h8,10H,3H2,1-2H3,(H,11,14). The van der Waals surface area contributed by atoms with Crippen molar-refractivity contribution in [3.8, 4) is 0 Å². The Labute approximate surface area is 86.4 Å². The number of nitrogens with one attached hydrogen (secondary N) is 2. The van der Waals surface area contributed by atoms with Crippen LogP contribution in [0.5, 0.6) is 0 Å². The van der Waals surface area contributed by atoms with Crippen molar-refractivity contribution in [2.75, 3.05) is 6.54 Å². The number of carbonyl (C=O) groups is 1. The molecular formula is C8H11ClN4O. The van der Waals surface area contributed by atoms with Gasteiger partial charge in [0.05, 0.1) is 12.2 Å². The van der Waals surface area contributed by atoms with Crippen molar-refractivity contribution in [3.63, 3.8) is 0 Å². The molecule has 1 fully saturated rings. The van der Waals surface area contributed by atoms with Gasteiger partial charge < -0.3 is 5.32 Å². The summed E-state index contributed by atoms with van der Waals surface area (Å²) < 4.78 is 1.60.